The van der Waals surface area contributed by atoms with Crippen LogP contribution in [0.5, 0.6) is 0 Å². The third-order valence-corrected chi connectivity index (χ3v) is 4.35. The van der Waals surface area contributed by atoms with E-state index >= 15 is 0 Å². The van der Waals surface area contributed by atoms with Crippen LogP contribution >= 0.6 is 0 Å². The van der Waals surface area contributed by atoms with Gasteiger partial charge in [-0.1, -0.05) is 25.1 Å². The van der Waals surface area contributed by atoms with Gasteiger partial charge in [-0.25, -0.2) is 4.98 Å². The Labute approximate surface area is 128 Å². The van der Waals surface area contributed by atoms with Crippen LogP contribution in [0.3, 0.4) is 0 Å². The van der Waals surface area contributed by atoms with Gasteiger partial charge in [0.15, 0.2) is 0 Å². The zero-order valence-electron chi connectivity index (χ0n) is 12.5. The highest BCUT2D eigenvalue weighted by atomic mass is 16.2. The molecule has 0 bridgehead atoms. The molecule has 110 valence electrons. The Bertz CT molecular complexity index is 883. The van der Waals surface area contributed by atoms with Crippen molar-refractivity contribution in [3.8, 4) is 11.3 Å². The Hall–Kier alpha value is -2.69. The van der Waals surface area contributed by atoms with Gasteiger partial charge in [0.25, 0.3) is 5.91 Å². The van der Waals surface area contributed by atoms with E-state index in [1.165, 1.54) is 0 Å². The number of H-pyrrole nitrogens is 1. The summed E-state index contributed by atoms with van der Waals surface area (Å²) in [5.74, 6) is 0.680. The minimum atomic E-state index is -0.0112. The lowest BCUT2D eigenvalue weighted by molar-refractivity contribution is 0.0978. The maximum atomic E-state index is 13.1. The van der Waals surface area contributed by atoms with Crippen molar-refractivity contribution in [3.05, 3.63) is 42.1 Å². The minimum Gasteiger partial charge on any atom is -0.289 e. The first-order valence-corrected chi connectivity index (χ1v) is 7.48. The van der Waals surface area contributed by atoms with Crippen LogP contribution in [0.1, 0.15) is 30.6 Å². The lowest BCUT2D eigenvalue weighted by Gasteiger charge is -2.27. The van der Waals surface area contributed by atoms with E-state index in [1.54, 1.807) is 11.1 Å². The van der Waals surface area contributed by atoms with Gasteiger partial charge in [0.05, 0.1) is 10.9 Å². The molecule has 0 radical (unpaired) electrons. The summed E-state index contributed by atoms with van der Waals surface area (Å²) < 4.78 is 0. The van der Waals surface area contributed by atoms with Crippen LogP contribution in [0.25, 0.3) is 22.2 Å². The number of nitrogens with one attached hydrogen (secondary N) is 1. The molecule has 0 saturated carbocycles. The maximum Gasteiger partial charge on any atom is 0.260 e. The molecule has 1 aromatic carbocycles. The maximum absolute atomic E-state index is 13.1. The molecule has 0 aliphatic carbocycles. The van der Waals surface area contributed by atoms with Crippen molar-refractivity contribution in [2.24, 2.45) is 0 Å². The molecule has 0 fully saturated rings. The summed E-state index contributed by atoms with van der Waals surface area (Å²) in [6.07, 6.45) is 2.58. The minimum absolute atomic E-state index is 0.0112. The number of carbonyl (C=O) groups is 1. The van der Waals surface area contributed by atoms with Crippen LogP contribution < -0.4 is 4.90 Å². The molecular formula is C17H16N4O. The lowest BCUT2D eigenvalue weighted by Crippen LogP contribution is -2.38. The van der Waals surface area contributed by atoms with Crippen LogP contribution in [0.15, 0.2) is 36.5 Å². The smallest absolute Gasteiger partial charge is 0.260 e. The molecule has 22 heavy (non-hydrogen) atoms. The molecule has 3 heterocycles. The van der Waals surface area contributed by atoms with Crippen molar-refractivity contribution >= 4 is 22.6 Å². The fraction of sp³-hybridized carbons (Fsp3) is 0.235. The molecule has 3 aromatic rings. The van der Waals surface area contributed by atoms with E-state index in [2.05, 4.69) is 22.1 Å². The van der Waals surface area contributed by atoms with E-state index in [0.717, 1.165) is 28.6 Å². The average molecular weight is 292 g/mol. The number of amides is 1. The Morgan fingerprint density at radius 1 is 1.23 bits per heavy atom. The van der Waals surface area contributed by atoms with Crippen molar-refractivity contribution in [1.29, 1.82) is 0 Å². The molecule has 4 rings (SSSR count). The second kappa shape index (κ2) is 4.66. The molecular weight excluding hydrogens is 276 g/mol. The van der Waals surface area contributed by atoms with Crippen molar-refractivity contribution in [3.63, 3.8) is 0 Å². The first-order chi connectivity index (χ1) is 10.7. The van der Waals surface area contributed by atoms with E-state index in [0.29, 0.717) is 11.4 Å². The first kappa shape index (κ1) is 13.0. The van der Waals surface area contributed by atoms with Crippen molar-refractivity contribution in [2.45, 2.75) is 26.3 Å². The quantitative estimate of drug-likeness (QED) is 0.787. The number of aromatic amines is 1. The Balaban J connectivity index is 2.13. The van der Waals surface area contributed by atoms with Gasteiger partial charge in [0.2, 0.25) is 0 Å². The highest BCUT2D eigenvalue weighted by Gasteiger charge is 2.32. The van der Waals surface area contributed by atoms with Gasteiger partial charge in [-0.3, -0.25) is 14.8 Å². The van der Waals surface area contributed by atoms with Gasteiger partial charge in [0, 0.05) is 23.4 Å². The molecule has 1 aliphatic rings. The van der Waals surface area contributed by atoms with E-state index in [9.17, 15) is 4.79 Å². The zero-order valence-corrected chi connectivity index (χ0v) is 12.5. The topological polar surface area (TPSA) is 61.9 Å². The fourth-order valence-corrected chi connectivity index (χ4v) is 3.02. The average Bonchev–Trinajstić information content (AvgIpc) is 2.95. The highest BCUT2D eigenvalue weighted by molar-refractivity contribution is 6.18. The second-order valence-corrected chi connectivity index (χ2v) is 5.61. The molecule has 5 nitrogen and oxygen atoms in total. The number of nitrogens with zero attached hydrogens (tertiary/aromatic N) is 3. The molecule has 1 aliphatic heterocycles. The molecule has 1 N–H and O–H groups in total. The van der Waals surface area contributed by atoms with Crippen molar-refractivity contribution in [2.75, 3.05) is 4.90 Å². The number of carbonyl (C=O) groups excluding carboxylic acids is 1. The zero-order chi connectivity index (χ0) is 15.3. The summed E-state index contributed by atoms with van der Waals surface area (Å²) in [5.41, 5.74) is 3.23. The number of hydrogen-bond acceptors (Lipinski definition) is 3. The first-order valence-electron chi connectivity index (χ1n) is 7.48. The summed E-state index contributed by atoms with van der Waals surface area (Å²) in [7, 11) is 0. The summed E-state index contributed by atoms with van der Waals surface area (Å²) in [6, 6.07) is 9.58. The SMILES string of the molecule is CCC(C)N1C(=O)c2ccccc2-c2n[nH]c3ccnc1c23. The summed E-state index contributed by atoms with van der Waals surface area (Å²) in [5, 5.41) is 8.41. The Kier molecular flexibility index (Phi) is 2.76. The van der Waals surface area contributed by atoms with Gasteiger partial charge in [-0.05, 0) is 25.5 Å². The molecule has 2 aromatic heterocycles. The van der Waals surface area contributed by atoms with E-state index in [-0.39, 0.29) is 11.9 Å². The van der Waals surface area contributed by atoms with E-state index in [4.69, 9.17) is 0 Å². The third kappa shape index (κ3) is 1.62. The predicted octanol–water partition coefficient (Wildman–Crippen LogP) is 3.38. The second-order valence-electron chi connectivity index (χ2n) is 5.61. The Morgan fingerprint density at radius 2 is 2.00 bits per heavy atom. The van der Waals surface area contributed by atoms with Gasteiger partial charge in [-0.2, -0.15) is 5.10 Å². The van der Waals surface area contributed by atoms with Crippen LogP contribution in [0.2, 0.25) is 0 Å². The highest BCUT2D eigenvalue weighted by Crippen LogP contribution is 2.39. The van der Waals surface area contributed by atoms with Crippen LogP contribution in [0.4, 0.5) is 5.82 Å². The number of benzene rings is 1. The standard InChI is InChI=1S/C17H16N4O/c1-3-10(2)21-16-14-13(8-9-18-16)19-20-15(14)11-6-4-5-7-12(11)17(21)22/h4-10H,3H2,1-2H3,(H,19,20). The number of aromatic nitrogens is 3. The third-order valence-electron chi connectivity index (χ3n) is 4.35. The van der Waals surface area contributed by atoms with Crippen LogP contribution in [-0.4, -0.2) is 27.1 Å². The lowest BCUT2D eigenvalue weighted by atomic mass is 10.0. The molecule has 1 amide bonds. The van der Waals surface area contributed by atoms with Crippen molar-refractivity contribution in [1.82, 2.24) is 15.2 Å². The van der Waals surface area contributed by atoms with E-state index in [1.807, 2.05) is 37.3 Å². The van der Waals surface area contributed by atoms with E-state index < -0.39 is 0 Å². The molecule has 0 spiro atoms. The Morgan fingerprint density at radius 3 is 2.77 bits per heavy atom. The van der Waals surface area contributed by atoms with Gasteiger partial charge in [-0.15, -0.1) is 0 Å². The van der Waals surface area contributed by atoms with Crippen LogP contribution in [0, 0.1) is 0 Å². The largest absolute Gasteiger partial charge is 0.289 e. The number of hydrogen-bond donors (Lipinski definition) is 1. The molecule has 1 unspecified atom stereocenters. The number of pyridine rings is 1. The number of fused-ring (bicyclic) bond motifs is 2. The molecule has 5 heteroatoms. The van der Waals surface area contributed by atoms with Gasteiger partial charge < -0.3 is 0 Å². The number of rotatable bonds is 2. The van der Waals surface area contributed by atoms with Gasteiger partial charge in [0.1, 0.15) is 11.5 Å². The monoisotopic (exact) mass is 292 g/mol. The van der Waals surface area contributed by atoms with Crippen LogP contribution in [-0.2, 0) is 0 Å². The molecule has 0 saturated heterocycles. The summed E-state index contributed by atoms with van der Waals surface area (Å²) >= 11 is 0. The van der Waals surface area contributed by atoms with Gasteiger partial charge >= 0.3 is 0 Å². The predicted molar refractivity (Wildman–Crippen MR) is 85.9 cm³/mol. The van der Waals surface area contributed by atoms with Crippen molar-refractivity contribution < 1.29 is 4.79 Å². The summed E-state index contributed by atoms with van der Waals surface area (Å²) in [6.45, 7) is 4.12. The summed E-state index contributed by atoms with van der Waals surface area (Å²) in [4.78, 5) is 19.4. The molecule has 1 atom stereocenters. The number of anilines is 1. The normalized spacial score (nSPS) is 14.8. The fourth-order valence-electron chi connectivity index (χ4n) is 3.02.